The van der Waals surface area contributed by atoms with Gasteiger partial charge in [-0.1, -0.05) is 18.2 Å². The predicted molar refractivity (Wildman–Crippen MR) is 93.6 cm³/mol. The smallest absolute Gasteiger partial charge is 0.187 e. The Morgan fingerprint density at radius 1 is 1.09 bits per heavy atom. The summed E-state index contributed by atoms with van der Waals surface area (Å²) in [5.74, 6) is 1.61. The Morgan fingerprint density at radius 3 is 2.70 bits per heavy atom. The summed E-state index contributed by atoms with van der Waals surface area (Å²) in [4.78, 5) is 4.60. The summed E-state index contributed by atoms with van der Waals surface area (Å²) in [5, 5.41) is 7.19. The van der Waals surface area contributed by atoms with Crippen molar-refractivity contribution in [3.63, 3.8) is 0 Å². The molecule has 0 saturated carbocycles. The molecule has 0 amide bonds. The van der Waals surface area contributed by atoms with Crippen molar-refractivity contribution in [1.29, 1.82) is 0 Å². The first-order valence-electron chi connectivity index (χ1n) is 7.17. The highest BCUT2D eigenvalue weighted by molar-refractivity contribution is 7.14. The van der Waals surface area contributed by atoms with E-state index in [-0.39, 0.29) is 0 Å². The number of hydrogen-bond donors (Lipinski definition) is 1. The molecule has 4 aromatic rings. The largest absolute Gasteiger partial charge is 0.497 e. The number of benzene rings is 2. The quantitative estimate of drug-likeness (QED) is 0.553. The summed E-state index contributed by atoms with van der Waals surface area (Å²) in [6.07, 6.45) is 0. The summed E-state index contributed by atoms with van der Waals surface area (Å²) in [7, 11) is 1.66. The first-order chi connectivity index (χ1) is 11.3. The van der Waals surface area contributed by atoms with Crippen LogP contribution in [0.25, 0.3) is 22.4 Å². The number of nitrogens with zero attached hydrogens (tertiary/aromatic N) is 1. The summed E-state index contributed by atoms with van der Waals surface area (Å²) >= 11 is 1.55. The Kier molecular flexibility index (Phi) is 3.48. The molecule has 0 aliphatic rings. The molecule has 0 fully saturated rings. The highest BCUT2D eigenvalue weighted by atomic mass is 32.1. The molecule has 0 aliphatic heterocycles. The van der Waals surface area contributed by atoms with Crippen molar-refractivity contribution >= 4 is 33.1 Å². The van der Waals surface area contributed by atoms with Gasteiger partial charge in [-0.15, -0.1) is 11.3 Å². The molecular weight excluding hydrogens is 308 g/mol. The molecular formula is C18H14N2O2S. The van der Waals surface area contributed by atoms with Crippen LogP contribution >= 0.6 is 11.3 Å². The molecule has 2 aromatic heterocycles. The van der Waals surface area contributed by atoms with Crippen molar-refractivity contribution in [2.45, 2.75) is 0 Å². The zero-order chi connectivity index (χ0) is 15.6. The minimum Gasteiger partial charge on any atom is -0.497 e. The Labute approximate surface area is 137 Å². The van der Waals surface area contributed by atoms with Crippen LogP contribution in [0.3, 0.4) is 0 Å². The summed E-state index contributed by atoms with van der Waals surface area (Å²) in [6.45, 7) is 0. The number of nitrogens with one attached hydrogen (secondary N) is 1. The van der Waals surface area contributed by atoms with Gasteiger partial charge in [0.25, 0.3) is 0 Å². The van der Waals surface area contributed by atoms with E-state index in [4.69, 9.17) is 9.15 Å². The molecule has 23 heavy (non-hydrogen) atoms. The number of fused-ring (bicyclic) bond motifs is 1. The van der Waals surface area contributed by atoms with Crippen LogP contribution in [-0.2, 0) is 0 Å². The van der Waals surface area contributed by atoms with Crippen LogP contribution in [0.5, 0.6) is 5.75 Å². The molecule has 1 N–H and O–H groups in total. The van der Waals surface area contributed by atoms with Gasteiger partial charge < -0.3 is 14.5 Å². The van der Waals surface area contributed by atoms with E-state index in [1.54, 1.807) is 18.4 Å². The van der Waals surface area contributed by atoms with E-state index in [2.05, 4.69) is 10.3 Å². The van der Waals surface area contributed by atoms with Crippen molar-refractivity contribution < 1.29 is 9.15 Å². The lowest BCUT2D eigenvalue weighted by molar-refractivity contribution is 0.415. The zero-order valence-electron chi connectivity index (χ0n) is 12.4. The van der Waals surface area contributed by atoms with Gasteiger partial charge in [0.1, 0.15) is 17.0 Å². The van der Waals surface area contributed by atoms with Crippen LogP contribution in [-0.4, -0.2) is 12.1 Å². The van der Waals surface area contributed by atoms with Gasteiger partial charge in [0.2, 0.25) is 0 Å². The molecule has 0 bridgehead atoms. The summed E-state index contributed by atoms with van der Waals surface area (Å²) in [6, 6.07) is 17.7. The van der Waals surface area contributed by atoms with Gasteiger partial charge >= 0.3 is 0 Å². The molecule has 114 valence electrons. The average molecular weight is 322 g/mol. The van der Waals surface area contributed by atoms with Crippen LogP contribution in [0.15, 0.2) is 64.4 Å². The van der Waals surface area contributed by atoms with Crippen molar-refractivity contribution in [2.24, 2.45) is 0 Å². The zero-order valence-corrected chi connectivity index (χ0v) is 13.3. The molecule has 5 heteroatoms. The normalized spacial score (nSPS) is 10.8. The highest BCUT2D eigenvalue weighted by Gasteiger charge is 2.10. The topological polar surface area (TPSA) is 47.3 Å². The second-order valence-electron chi connectivity index (χ2n) is 5.04. The maximum absolute atomic E-state index is 5.85. The number of thiazole rings is 1. The predicted octanol–water partition coefficient (Wildman–Crippen LogP) is 5.31. The van der Waals surface area contributed by atoms with E-state index < -0.39 is 0 Å². The fraction of sp³-hybridized carbons (Fsp3) is 0.0556. The lowest BCUT2D eigenvalue weighted by Crippen LogP contribution is -1.89. The molecule has 0 aliphatic carbocycles. The molecule has 4 rings (SSSR count). The monoisotopic (exact) mass is 322 g/mol. The first-order valence-corrected chi connectivity index (χ1v) is 8.05. The third-order valence-electron chi connectivity index (χ3n) is 3.52. The molecule has 0 spiro atoms. The Bertz CT molecular complexity index is 908. The lowest BCUT2D eigenvalue weighted by Gasteiger charge is -2.03. The lowest BCUT2D eigenvalue weighted by atomic mass is 10.2. The standard InChI is InChI=1S/C18H14N2O2S/c1-21-14-8-6-13(7-9-14)19-18-20-15(11-23-18)17-10-12-4-2-3-5-16(12)22-17/h2-11H,1H3,(H,19,20). The highest BCUT2D eigenvalue weighted by Crippen LogP contribution is 2.31. The van der Waals surface area contributed by atoms with Gasteiger partial charge in [-0.2, -0.15) is 0 Å². The van der Waals surface area contributed by atoms with E-state index in [0.29, 0.717) is 0 Å². The number of methoxy groups -OCH3 is 1. The Hall–Kier alpha value is -2.79. The number of aromatic nitrogens is 1. The molecule has 2 heterocycles. The van der Waals surface area contributed by atoms with Gasteiger partial charge in [-0.3, -0.25) is 0 Å². The van der Waals surface area contributed by atoms with Crippen molar-refractivity contribution in [2.75, 3.05) is 12.4 Å². The van der Waals surface area contributed by atoms with Crippen molar-refractivity contribution in [3.05, 3.63) is 60.0 Å². The van der Waals surface area contributed by atoms with Crippen LogP contribution in [0, 0.1) is 0 Å². The summed E-state index contributed by atoms with van der Waals surface area (Å²) < 4.78 is 11.0. The van der Waals surface area contributed by atoms with Crippen LogP contribution in [0.1, 0.15) is 0 Å². The molecule has 0 unspecified atom stereocenters. The minimum absolute atomic E-state index is 0.783. The maximum atomic E-state index is 5.85. The van der Waals surface area contributed by atoms with Crippen molar-refractivity contribution in [3.8, 4) is 17.2 Å². The Balaban J connectivity index is 1.58. The molecule has 0 atom stereocenters. The maximum Gasteiger partial charge on any atom is 0.187 e. The van der Waals surface area contributed by atoms with E-state index in [1.807, 2.05) is 60.0 Å². The molecule has 4 nitrogen and oxygen atoms in total. The fourth-order valence-electron chi connectivity index (χ4n) is 2.35. The number of furan rings is 1. The number of ether oxygens (including phenoxy) is 1. The third-order valence-corrected chi connectivity index (χ3v) is 4.28. The molecule has 2 aromatic carbocycles. The fourth-order valence-corrected chi connectivity index (χ4v) is 3.07. The van der Waals surface area contributed by atoms with Gasteiger partial charge in [0, 0.05) is 16.5 Å². The number of anilines is 2. The van der Waals surface area contributed by atoms with Crippen LogP contribution in [0.4, 0.5) is 10.8 Å². The molecule has 0 radical (unpaired) electrons. The molecule has 0 saturated heterocycles. The van der Waals surface area contributed by atoms with Gasteiger partial charge in [-0.05, 0) is 36.4 Å². The van der Waals surface area contributed by atoms with Crippen LogP contribution in [0.2, 0.25) is 0 Å². The van der Waals surface area contributed by atoms with Gasteiger partial charge in [-0.25, -0.2) is 4.98 Å². The van der Waals surface area contributed by atoms with Gasteiger partial charge in [0.05, 0.1) is 7.11 Å². The van der Waals surface area contributed by atoms with Crippen molar-refractivity contribution in [1.82, 2.24) is 4.98 Å². The summed E-state index contributed by atoms with van der Waals surface area (Å²) in [5.41, 5.74) is 2.68. The minimum atomic E-state index is 0.783. The SMILES string of the molecule is COc1ccc(Nc2nc(-c3cc4ccccc4o3)cs2)cc1. The second-order valence-corrected chi connectivity index (χ2v) is 5.90. The number of hydrogen-bond acceptors (Lipinski definition) is 5. The number of rotatable bonds is 4. The van der Waals surface area contributed by atoms with Gasteiger partial charge in [0.15, 0.2) is 10.9 Å². The average Bonchev–Trinajstić information content (AvgIpc) is 3.21. The first kappa shape index (κ1) is 13.8. The van der Waals surface area contributed by atoms with E-state index in [0.717, 1.165) is 39.0 Å². The third kappa shape index (κ3) is 2.78. The Morgan fingerprint density at radius 2 is 1.91 bits per heavy atom. The van der Waals surface area contributed by atoms with E-state index >= 15 is 0 Å². The number of para-hydroxylation sites is 1. The van der Waals surface area contributed by atoms with E-state index in [1.165, 1.54) is 0 Å². The van der Waals surface area contributed by atoms with E-state index in [9.17, 15) is 0 Å². The van der Waals surface area contributed by atoms with Crippen LogP contribution < -0.4 is 10.1 Å². The second kappa shape index (κ2) is 5.78.